The Morgan fingerprint density at radius 1 is 1.23 bits per heavy atom. The van der Waals surface area contributed by atoms with Crippen LogP contribution in [-0.2, 0) is 9.59 Å². The minimum Gasteiger partial charge on any atom is -0.478 e. The van der Waals surface area contributed by atoms with E-state index in [1.165, 1.54) is 4.70 Å². The highest BCUT2D eigenvalue weighted by Crippen LogP contribution is 2.33. The smallest absolute Gasteiger partial charge is 0.328 e. The summed E-state index contributed by atoms with van der Waals surface area (Å²) in [6.45, 7) is 1.28. The molecule has 5 nitrogen and oxygen atoms in total. The first-order chi connectivity index (χ1) is 10.6. The number of carbonyl (C=O) groups is 2. The highest BCUT2D eigenvalue weighted by Gasteiger charge is 2.25. The van der Waals surface area contributed by atoms with Gasteiger partial charge in [0.25, 0.3) is 0 Å². The number of thiazole rings is 1. The number of carboxylic acid groups (broad SMARTS) is 1. The van der Waals surface area contributed by atoms with Gasteiger partial charge in [0, 0.05) is 31.2 Å². The Kier molecular flexibility index (Phi) is 4.20. The van der Waals surface area contributed by atoms with Crippen molar-refractivity contribution >= 4 is 33.4 Å². The topological polar surface area (TPSA) is 70.5 Å². The first kappa shape index (κ1) is 14.7. The number of aromatic nitrogens is 1. The number of hydrogen-bond acceptors (Lipinski definition) is 4. The summed E-state index contributed by atoms with van der Waals surface area (Å²) in [4.78, 5) is 28.7. The Balaban J connectivity index is 1.64. The van der Waals surface area contributed by atoms with E-state index in [0.717, 1.165) is 35.5 Å². The number of amides is 1. The first-order valence-electron chi connectivity index (χ1n) is 7.19. The number of piperidine rings is 1. The fourth-order valence-corrected chi connectivity index (χ4v) is 3.80. The van der Waals surface area contributed by atoms with Gasteiger partial charge < -0.3 is 10.0 Å². The Hall–Kier alpha value is -2.21. The van der Waals surface area contributed by atoms with Gasteiger partial charge in [-0.15, -0.1) is 11.3 Å². The standard InChI is InChI=1S/C16H16N2O3S/c19-14(5-6-15(20)21)18-9-7-11(8-10-18)16-17-12-3-1-2-4-13(12)22-16/h1-6,11H,7-10H2,(H,20,21)/b6-5+. The average molecular weight is 316 g/mol. The Morgan fingerprint density at radius 2 is 1.95 bits per heavy atom. The summed E-state index contributed by atoms with van der Waals surface area (Å²) >= 11 is 1.72. The highest BCUT2D eigenvalue weighted by atomic mass is 32.1. The van der Waals surface area contributed by atoms with Gasteiger partial charge in [0.2, 0.25) is 5.91 Å². The Labute approximate surface area is 131 Å². The molecule has 1 aromatic heterocycles. The van der Waals surface area contributed by atoms with Gasteiger partial charge in [0.05, 0.1) is 15.2 Å². The van der Waals surface area contributed by atoms with E-state index >= 15 is 0 Å². The van der Waals surface area contributed by atoms with Crippen LogP contribution in [0.1, 0.15) is 23.8 Å². The molecule has 0 aliphatic carbocycles. The average Bonchev–Trinajstić information content (AvgIpc) is 2.96. The van der Waals surface area contributed by atoms with Crippen molar-refractivity contribution in [3.05, 3.63) is 41.4 Å². The van der Waals surface area contributed by atoms with E-state index in [1.54, 1.807) is 16.2 Å². The van der Waals surface area contributed by atoms with Crippen LogP contribution in [0.25, 0.3) is 10.2 Å². The lowest BCUT2D eigenvalue weighted by atomic mass is 9.97. The molecule has 2 heterocycles. The van der Waals surface area contributed by atoms with Crippen LogP contribution in [0.5, 0.6) is 0 Å². The van der Waals surface area contributed by atoms with Crippen LogP contribution in [0.4, 0.5) is 0 Å². The van der Waals surface area contributed by atoms with E-state index in [0.29, 0.717) is 19.0 Å². The maximum atomic E-state index is 11.8. The zero-order chi connectivity index (χ0) is 15.5. The number of likely N-dealkylation sites (tertiary alicyclic amines) is 1. The van der Waals surface area contributed by atoms with Gasteiger partial charge in [-0.3, -0.25) is 4.79 Å². The van der Waals surface area contributed by atoms with Gasteiger partial charge in [-0.05, 0) is 25.0 Å². The van der Waals surface area contributed by atoms with Crippen molar-refractivity contribution in [2.75, 3.05) is 13.1 Å². The van der Waals surface area contributed by atoms with Crippen molar-refractivity contribution in [2.24, 2.45) is 0 Å². The normalized spacial score (nSPS) is 16.5. The van der Waals surface area contributed by atoms with Gasteiger partial charge in [0.15, 0.2) is 0 Å². The molecule has 1 saturated heterocycles. The summed E-state index contributed by atoms with van der Waals surface area (Å²) in [6, 6.07) is 8.10. The Bertz CT molecular complexity index is 697. The third-order valence-corrected chi connectivity index (χ3v) is 5.03. The fourth-order valence-electron chi connectivity index (χ4n) is 2.66. The van der Waals surface area contributed by atoms with Crippen molar-refractivity contribution in [2.45, 2.75) is 18.8 Å². The molecule has 1 aliphatic rings. The number of carbonyl (C=O) groups excluding carboxylic acids is 1. The number of hydrogen-bond donors (Lipinski definition) is 1. The van der Waals surface area contributed by atoms with Crippen LogP contribution in [0, 0.1) is 0 Å². The SMILES string of the molecule is O=C(O)/C=C/C(=O)N1CCC(c2nc3ccccc3s2)CC1. The van der Waals surface area contributed by atoms with E-state index in [1.807, 2.05) is 18.2 Å². The molecular formula is C16H16N2O3S. The quantitative estimate of drug-likeness (QED) is 0.884. The van der Waals surface area contributed by atoms with E-state index in [4.69, 9.17) is 5.11 Å². The van der Waals surface area contributed by atoms with E-state index < -0.39 is 5.97 Å². The minimum atomic E-state index is -1.10. The molecule has 1 aromatic carbocycles. The van der Waals surface area contributed by atoms with Gasteiger partial charge in [0.1, 0.15) is 0 Å². The van der Waals surface area contributed by atoms with E-state index in [2.05, 4.69) is 11.1 Å². The number of nitrogens with zero attached hydrogens (tertiary/aromatic N) is 2. The second-order valence-electron chi connectivity index (χ2n) is 5.29. The number of para-hydroxylation sites is 1. The molecule has 114 valence electrons. The summed E-state index contributed by atoms with van der Waals surface area (Å²) in [5.41, 5.74) is 1.03. The van der Waals surface area contributed by atoms with Gasteiger partial charge >= 0.3 is 5.97 Å². The lowest BCUT2D eigenvalue weighted by Crippen LogP contribution is -2.36. The molecule has 1 aliphatic heterocycles. The molecule has 22 heavy (non-hydrogen) atoms. The number of carboxylic acids is 1. The van der Waals surface area contributed by atoms with Gasteiger partial charge in [-0.2, -0.15) is 0 Å². The summed E-state index contributed by atoms with van der Waals surface area (Å²) in [5.74, 6) is -0.951. The molecule has 0 saturated carbocycles. The van der Waals surface area contributed by atoms with Crippen LogP contribution in [0.15, 0.2) is 36.4 Å². The zero-order valence-corrected chi connectivity index (χ0v) is 12.8. The van der Waals surface area contributed by atoms with Crippen molar-refractivity contribution in [1.82, 2.24) is 9.88 Å². The third-order valence-electron chi connectivity index (χ3n) is 3.83. The predicted octanol–water partition coefficient (Wildman–Crippen LogP) is 2.64. The molecule has 0 unspecified atom stereocenters. The van der Waals surface area contributed by atoms with E-state index in [9.17, 15) is 9.59 Å². The van der Waals surface area contributed by atoms with Crippen molar-refractivity contribution < 1.29 is 14.7 Å². The van der Waals surface area contributed by atoms with Crippen LogP contribution >= 0.6 is 11.3 Å². The van der Waals surface area contributed by atoms with E-state index in [-0.39, 0.29) is 5.91 Å². The molecule has 0 radical (unpaired) electrons. The van der Waals surface area contributed by atoms with Gasteiger partial charge in [-0.25, -0.2) is 9.78 Å². The lowest BCUT2D eigenvalue weighted by molar-refractivity contribution is -0.132. The summed E-state index contributed by atoms with van der Waals surface area (Å²) in [7, 11) is 0. The molecule has 1 N–H and O–H groups in total. The van der Waals surface area contributed by atoms with Crippen molar-refractivity contribution in [1.29, 1.82) is 0 Å². The molecule has 2 aromatic rings. The second kappa shape index (κ2) is 6.27. The monoisotopic (exact) mass is 316 g/mol. The minimum absolute atomic E-state index is 0.231. The highest BCUT2D eigenvalue weighted by molar-refractivity contribution is 7.18. The van der Waals surface area contributed by atoms with Crippen LogP contribution in [0.2, 0.25) is 0 Å². The maximum Gasteiger partial charge on any atom is 0.328 e. The largest absolute Gasteiger partial charge is 0.478 e. The number of rotatable bonds is 3. The molecule has 1 amide bonds. The third kappa shape index (κ3) is 3.17. The van der Waals surface area contributed by atoms with Crippen molar-refractivity contribution in [3.63, 3.8) is 0 Å². The molecule has 0 atom stereocenters. The Morgan fingerprint density at radius 3 is 2.64 bits per heavy atom. The number of fused-ring (bicyclic) bond motifs is 1. The maximum absolute atomic E-state index is 11.8. The summed E-state index contributed by atoms with van der Waals surface area (Å²) < 4.78 is 1.19. The fraction of sp³-hybridized carbons (Fsp3) is 0.312. The van der Waals surface area contributed by atoms with Crippen LogP contribution in [0.3, 0.4) is 0 Å². The number of aliphatic carboxylic acids is 1. The summed E-state index contributed by atoms with van der Waals surface area (Å²) in [5, 5.41) is 9.69. The molecule has 6 heteroatoms. The van der Waals surface area contributed by atoms with Crippen LogP contribution in [-0.4, -0.2) is 40.0 Å². The van der Waals surface area contributed by atoms with Gasteiger partial charge in [-0.1, -0.05) is 12.1 Å². The molecule has 0 spiro atoms. The van der Waals surface area contributed by atoms with Crippen molar-refractivity contribution in [3.8, 4) is 0 Å². The number of benzene rings is 1. The molecule has 0 bridgehead atoms. The molecule has 1 fully saturated rings. The zero-order valence-electron chi connectivity index (χ0n) is 11.9. The van der Waals surface area contributed by atoms with Crippen LogP contribution < -0.4 is 0 Å². The molecular weight excluding hydrogens is 300 g/mol. The summed E-state index contributed by atoms with van der Waals surface area (Å²) in [6.07, 6.45) is 3.75. The predicted molar refractivity (Wildman–Crippen MR) is 85.0 cm³/mol. The molecule has 3 rings (SSSR count). The first-order valence-corrected chi connectivity index (χ1v) is 8.00. The lowest BCUT2D eigenvalue weighted by Gasteiger charge is -2.30. The second-order valence-corrected chi connectivity index (χ2v) is 6.35.